The molecule has 0 aromatic heterocycles. The molecule has 0 saturated carbocycles. The summed E-state index contributed by atoms with van der Waals surface area (Å²) in [5, 5.41) is 4.29. The van der Waals surface area contributed by atoms with E-state index in [1.54, 1.807) is 0 Å². The molecule has 0 aliphatic rings. The van der Waals surface area contributed by atoms with Crippen LogP contribution in [0.25, 0.3) is 0 Å². The summed E-state index contributed by atoms with van der Waals surface area (Å²) >= 11 is 6.40. The average Bonchev–Trinajstić information content (AvgIpc) is 2.62. The van der Waals surface area contributed by atoms with Crippen molar-refractivity contribution >= 4 is 17.8 Å². The quantitative estimate of drug-likeness (QED) is 0.652. The molecule has 2 aromatic carbocycles. The third kappa shape index (κ3) is 10.6. The van der Waals surface area contributed by atoms with Gasteiger partial charge in [-0.15, -0.1) is 0 Å². The first kappa shape index (κ1) is 22.9. The van der Waals surface area contributed by atoms with Gasteiger partial charge in [0.15, 0.2) is 0 Å². The van der Waals surface area contributed by atoms with Crippen LogP contribution < -0.4 is 10.1 Å². The van der Waals surface area contributed by atoms with Crippen LogP contribution in [0.15, 0.2) is 48.5 Å². The zero-order valence-corrected chi connectivity index (χ0v) is 17.0. The lowest BCUT2D eigenvalue weighted by molar-refractivity contribution is -0.191. The second-order valence-corrected chi connectivity index (χ2v) is 7.86. The molecule has 0 aliphatic heterocycles. The predicted octanol–water partition coefficient (Wildman–Crippen LogP) is 4.90. The number of ether oxygens (including phenoxy) is 1. The molecule has 0 amide bonds. The van der Waals surface area contributed by atoms with Crippen LogP contribution in [0, 0.1) is 5.41 Å². The first-order chi connectivity index (χ1) is 12.9. The van der Waals surface area contributed by atoms with E-state index in [0.717, 1.165) is 42.3 Å². The van der Waals surface area contributed by atoms with E-state index in [1.807, 2.05) is 30.3 Å². The number of halogens is 1. The molecule has 27 heavy (non-hydrogen) atoms. The normalized spacial score (nSPS) is 10.5. The molecule has 5 heteroatoms. The lowest BCUT2D eigenvalue weighted by Gasteiger charge is -2.18. The molecule has 1 N–H and O–H groups in total. The number of hydrogen-bond donors (Lipinski definition) is 1. The zero-order valence-electron chi connectivity index (χ0n) is 16.3. The van der Waals surface area contributed by atoms with Crippen LogP contribution in [-0.4, -0.2) is 19.2 Å². The van der Waals surface area contributed by atoms with Crippen LogP contribution in [0.5, 0.6) is 5.75 Å². The smallest absolute Gasteiger partial charge is 0.373 e. The van der Waals surface area contributed by atoms with Crippen molar-refractivity contribution in [3.8, 4) is 5.75 Å². The Balaban J connectivity index is 0.00000114. The Morgan fingerprint density at radius 3 is 2.33 bits per heavy atom. The molecule has 0 saturated heterocycles. The van der Waals surface area contributed by atoms with Crippen LogP contribution in [-0.2, 0) is 22.6 Å². The molecular formula is C22H28ClNO3. The third-order valence-corrected chi connectivity index (χ3v) is 4.08. The summed E-state index contributed by atoms with van der Waals surface area (Å²) in [7, 11) is 0. The largest absolute Gasteiger partial charge is 0.489 e. The Hall–Kier alpha value is -2.13. The van der Waals surface area contributed by atoms with Gasteiger partial charge in [-0.3, -0.25) is 0 Å². The van der Waals surface area contributed by atoms with E-state index in [-0.39, 0.29) is 6.15 Å². The van der Waals surface area contributed by atoms with E-state index in [1.165, 1.54) is 5.56 Å². The van der Waals surface area contributed by atoms with Gasteiger partial charge in [-0.1, -0.05) is 68.8 Å². The van der Waals surface area contributed by atoms with Crippen LogP contribution in [0.4, 0.5) is 0 Å². The molecule has 146 valence electrons. The molecule has 0 bridgehead atoms. The first-order valence-corrected chi connectivity index (χ1v) is 9.38. The highest BCUT2D eigenvalue weighted by Crippen LogP contribution is 2.24. The summed E-state index contributed by atoms with van der Waals surface area (Å²) in [6.45, 7) is 9.33. The fraction of sp³-hybridized carbons (Fsp3) is 0.409. The first-order valence-electron chi connectivity index (χ1n) is 9.01. The highest BCUT2D eigenvalue weighted by molar-refractivity contribution is 6.31. The molecule has 0 radical (unpaired) electrons. The minimum atomic E-state index is 0.250. The minimum Gasteiger partial charge on any atom is -0.489 e. The van der Waals surface area contributed by atoms with E-state index >= 15 is 0 Å². The number of carbonyl (C=O) groups excluding carboxylic acids is 2. The van der Waals surface area contributed by atoms with Crippen molar-refractivity contribution in [2.24, 2.45) is 5.41 Å². The van der Waals surface area contributed by atoms with E-state index in [9.17, 15) is 0 Å². The van der Waals surface area contributed by atoms with Crippen molar-refractivity contribution in [3.63, 3.8) is 0 Å². The number of hydrogen-bond acceptors (Lipinski definition) is 4. The highest BCUT2D eigenvalue weighted by Gasteiger charge is 2.08. The fourth-order valence-electron chi connectivity index (χ4n) is 2.43. The number of benzene rings is 2. The molecule has 0 aliphatic carbocycles. The molecular weight excluding hydrogens is 362 g/mol. The lowest BCUT2D eigenvalue weighted by atomic mass is 9.97. The maximum Gasteiger partial charge on any atom is 0.373 e. The molecule has 0 spiro atoms. The van der Waals surface area contributed by atoms with Crippen molar-refractivity contribution in [2.75, 3.05) is 13.1 Å². The maximum absolute atomic E-state index is 8.12. The van der Waals surface area contributed by atoms with Gasteiger partial charge in [-0.2, -0.15) is 9.59 Å². The van der Waals surface area contributed by atoms with Crippen molar-refractivity contribution in [1.82, 2.24) is 5.32 Å². The second-order valence-electron chi connectivity index (χ2n) is 7.45. The van der Waals surface area contributed by atoms with Gasteiger partial charge >= 0.3 is 6.15 Å². The SMILES string of the molecule is CC(C)(C)CNCCCc1ccc(OCc2ccccc2)cc1Cl.O=C=O. The monoisotopic (exact) mass is 389 g/mol. The third-order valence-electron chi connectivity index (χ3n) is 3.73. The summed E-state index contributed by atoms with van der Waals surface area (Å²) in [6, 6.07) is 16.2. The molecule has 4 nitrogen and oxygen atoms in total. The molecule has 0 atom stereocenters. The van der Waals surface area contributed by atoms with E-state index < -0.39 is 0 Å². The van der Waals surface area contributed by atoms with Crippen LogP contribution >= 0.6 is 11.6 Å². The number of rotatable bonds is 8. The molecule has 0 unspecified atom stereocenters. The van der Waals surface area contributed by atoms with Gasteiger partial charge in [0, 0.05) is 5.02 Å². The predicted molar refractivity (Wildman–Crippen MR) is 108 cm³/mol. The van der Waals surface area contributed by atoms with Gasteiger partial charge in [-0.05, 0) is 54.6 Å². The molecule has 2 rings (SSSR count). The van der Waals surface area contributed by atoms with Crippen LogP contribution in [0.2, 0.25) is 5.02 Å². The Labute approximate surface area is 166 Å². The van der Waals surface area contributed by atoms with Gasteiger partial charge in [0.2, 0.25) is 0 Å². The van der Waals surface area contributed by atoms with Crippen LogP contribution in [0.3, 0.4) is 0 Å². The fourth-order valence-corrected chi connectivity index (χ4v) is 2.69. The van der Waals surface area contributed by atoms with Crippen molar-refractivity contribution in [3.05, 3.63) is 64.7 Å². The van der Waals surface area contributed by atoms with Gasteiger partial charge in [-0.25, -0.2) is 0 Å². The summed E-state index contributed by atoms with van der Waals surface area (Å²) < 4.78 is 5.81. The standard InChI is InChI=1S/C21H28ClNO.CO2/c1-21(2,3)16-23-13-7-10-18-11-12-19(14-20(18)22)24-15-17-8-5-4-6-9-17;2-1-3/h4-6,8-9,11-12,14,23H,7,10,13,15-16H2,1-3H3;. The summed E-state index contributed by atoms with van der Waals surface area (Å²) in [4.78, 5) is 16.2. The van der Waals surface area contributed by atoms with Gasteiger partial charge in [0.1, 0.15) is 12.4 Å². The molecule has 0 fully saturated rings. The van der Waals surface area contributed by atoms with Gasteiger partial charge in [0.05, 0.1) is 0 Å². The topological polar surface area (TPSA) is 55.4 Å². The van der Waals surface area contributed by atoms with E-state index in [2.05, 4.69) is 44.3 Å². The van der Waals surface area contributed by atoms with Crippen molar-refractivity contribution in [1.29, 1.82) is 0 Å². The van der Waals surface area contributed by atoms with Crippen molar-refractivity contribution in [2.45, 2.75) is 40.2 Å². The Bertz CT molecular complexity index is 705. The average molecular weight is 390 g/mol. The summed E-state index contributed by atoms with van der Waals surface area (Å²) in [6.07, 6.45) is 2.31. The number of nitrogens with one attached hydrogen (secondary N) is 1. The Morgan fingerprint density at radius 2 is 1.74 bits per heavy atom. The van der Waals surface area contributed by atoms with Crippen LogP contribution in [0.1, 0.15) is 38.3 Å². The minimum absolute atomic E-state index is 0.250. The highest BCUT2D eigenvalue weighted by atomic mass is 35.5. The van der Waals surface area contributed by atoms with Gasteiger partial charge < -0.3 is 10.1 Å². The summed E-state index contributed by atoms with van der Waals surface area (Å²) in [5.41, 5.74) is 2.67. The molecule has 2 aromatic rings. The second kappa shape index (κ2) is 12.3. The van der Waals surface area contributed by atoms with E-state index in [4.69, 9.17) is 25.9 Å². The summed E-state index contributed by atoms with van der Waals surface area (Å²) in [5.74, 6) is 0.818. The zero-order chi connectivity index (χ0) is 20.1. The van der Waals surface area contributed by atoms with Gasteiger partial charge in [0.25, 0.3) is 0 Å². The van der Waals surface area contributed by atoms with Crippen molar-refractivity contribution < 1.29 is 14.3 Å². The lowest BCUT2D eigenvalue weighted by Crippen LogP contribution is -2.27. The number of aryl methyl sites for hydroxylation is 1. The Kier molecular flexibility index (Phi) is 10.4. The molecule has 0 heterocycles. The van der Waals surface area contributed by atoms with E-state index in [0.29, 0.717) is 12.0 Å². The Morgan fingerprint density at radius 1 is 1.07 bits per heavy atom. The maximum atomic E-state index is 8.12.